The van der Waals surface area contributed by atoms with Crippen molar-refractivity contribution in [3.8, 4) is 0 Å². The predicted octanol–water partition coefficient (Wildman–Crippen LogP) is 3.19. The van der Waals surface area contributed by atoms with Crippen LogP contribution in [0.3, 0.4) is 0 Å². The number of nitrogens with one attached hydrogen (secondary N) is 1. The molecule has 0 aromatic carbocycles. The molecule has 1 amide bonds. The first-order valence-electron chi connectivity index (χ1n) is 7.66. The Hall–Kier alpha value is -1.98. The van der Waals surface area contributed by atoms with E-state index in [0.29, 0.717) is 0 Å². The maximum atomic E-state index is 12.0. The van der Waals surface area contributed by atoms with Crippen LogP contribution in [-0.2, 0) is 4.74 Å². The molecule has 122 valence electrons. The van der Waals surface area contributed by atoms with Crippen LogP contribution in [0, 0.1) is 0 Å². The Balaban J connectivity index is 2.07. The predicted molar refractivity (Wildman–Crippen MR) is 82.1 cm³/mol. The van der Waals surface area contributed by atoms with E-state index in [4.69, 9.17) is 9.84 Å². The highest BCUT2D eigenvalue weighted by Gasteiger charge is 2.29. The molecule has 1 saturated carbocycles. The number of ether oxygens (including phenoxy) is 1. The van der Waals surface area contributed by atoms with Crippen molar-refractivity contribution in [1.29, 1.82) is 0 Å². The third-order valence-electron chi connectivity index (χ3n) is 3.78. The van der Waals surface area contributed by atoms with Crippen LogP contribution < -0.4 is 5.32 Å². The molecule has 0 radical (unpaired) electrons. The van der Waals surface area contributed by atoms with Crippen molar-refractivity contribution in [3.05, 3.63) is 24.0 Å². The van der Waals surface area contributed by atoms with E-state index in [0.717, 1.165) is 25.7 Å². The van der Waals surface area contributed by atoms with Crippen LogP contribution >= 0.6 is 0 Å². The lowest BCUT2D eigenvalue weighted by atomic mass is 9.90. The lowest BCUT2D eigenvalue weighted by Gasteiger charge is -2.33. The minimum Gasteiger partial charge on any atom is -0.478 e. The highest BCUT2D eigenvalue weighted by molar-refractivity contribution is 5.87. The summed E-state index contributed by atoms with van der Waals surface area (Å²) >= 11 is 0. The molecule has 0 unspecified atom stereocenters. The average Bonchev–Trinajstić information content (AvgIpc) is 2.86. The number of amides is 1. The molecular weight excluding hydrogens is 284 g/mol. The van der Waals surface area contributed by atoms with E-state index in [-0.39, 0.29) is 17.6 Å². The van der Waals surface area contributed by atoms with E-state index in [2.05, 4.69) is 5.32 Å². The van der Waals surface area contributed by atoms with Crippen molar-refractivity contribution in [2.75, 3.05) is 0 Å². The molecule has 0 aliphatic heterocycles. The van der Waals surface area contributed by atoms with Crippen LogP contribution in [0.15, 0.2) is 18.5 Å². The maximum Gasteiger partial charge on any atom is 0.407 e. The van der Waals surface area contributed by atoms with Crippen molar-refractivity contribution < 1.29 is 19.4 Å². The Kier molecular flexibility index (Phi) is 4.78. The molecule has 22 heavy (non-hydrogen) atoms. The minimum absolute atomic E-state index is 0.0438. The van der Waals surface area contributed by atoms with Crippen molar-refractivity contribution in [3.63, 3.8) is 0 Å². The van der Waals surface area contributed by atoms with Gasteiger partial charge < -0.3 is 19.7 Å². The summed E-state index contributed by atoms with van der Waals surface area (Å²) in [5.41, 5.74) is -0.264. The zero-order valence-corrected chi connectivity index (χ0v) is 13.3. The molecule has 0 saturated heterocycles. The van der Waals surface area contributed by atoms with Gasteiger partial charge in [-0.3, -0.25) is 0 Å². The first kappa shape index (κ1) is 16.4. The molecule has 2 rings (SSSR count). The van der Waals surface area contributed by atoms with Gasteiger partial charge in [-0.2, -0.15) is 0 Å². The maximum absolute atomic E-state index is 12.0. The second-order valence-corrected chi connectivity index (χ2v) is 6.76. The Labute approximate surface area is 130 Å². The molecule has 1 fully saturated rings. The quantitative estimate of drug-likeness (QED) is 0.898. The summed E-state index contributed by atoms with van der Waals surface area (Å²) in [7, 11) is 0. The van der Waals surface area contributed by atoms with Gasteiger partial charge in [0.2, 0.25) is 0 Å². The standard InChI is InChI=1S/C16H24N2O4/c1-16(2,3)22-15(21)17-12-6-4-5-7-13(12)18-9-8-11(10-18)14(19)20/h8-10,12-13H,4-7H2,1-3H3,(H,17,21)(H,19,20)/t12-,13+/m1/s1. The second-order valence-electron chi connectivity index (χ2n) is 6.76. The summed E-state index contributed by atoms with van der Waals surface area (Å²) in [6.45, 7) is 5.49. The molecule has 2 atom stereocenters. The average molecular weight is 308 g/mol. The molecule has 0 bridgehead atoms. The first-order chi connectivity index (χ1) is 10.3. The Morgan fingerprint density at radius 3 is 2.59 bits per heavy atom. The molecule has 1 heterocycles. The molecule has 1 aromatic heterocycles. The number of carbonyl (C=O) groups is 2. The monoisotopic (exact) mass is 308 g/mol. The van der Waals surface area contributed by atoms with Crippen LogP contribution in [0.5, 0.6) is 0 Å². The number of carboxylic acid groups (broad SMARTS) is 1. The molecule has 1 aliphatic rings. The van der Waals surface area contributed by atoms with Gasteiger partial charge in [0.05, 0.1) is 17.6 Å². The second kappa shape index (κ2) is 6.42. The van der Waals surface area contributed by atoms with Gasteiger partial charge in [0, 0.05) is 12.4 Å². The first-order valence-corrected chi connectivity index (χ1v) is 7.66. The lowest BCUT2D eigenvalue weighted by molar-refractivity contribution is 0.0471. The van der Waals surface area contributed by atoms with E-state index in [1.54, 1.807) is 18.5 Å². The summed E-state index contributed by atoms with van der Waals surface area (Å²) in [5, 5.41) is 12.0. The van der Waals surface area contributed by atoms with Gasteiger partial charge in [-0.1, -0.05) is 12.8 Å². The number of carbonyl (C=O) groups excluding carboxylic acids is 1. The molecule has 6 heteroatoms. The van der Waals surface area contributed by atoms with Gasteiger partial charge in [0.15, 0.2) is 0 Å². The SMILES string of the molecule is CC(C)(C)OC(=O)N[C@@H]1CCCC[C@@H]1n1ccc(C(=O)O)c1. The van der Waals surface area contributed by atoms with E-state index in [1.807, 2.05) is 25.3 Å². The summed E-state index contributed by atoms with van der Waals surface area (Å²) in [6.07, 6.45) is 6.86. The van der Waals surface area contributed by atoms with Gasteiger partial charge in [0.25, 0.3) is 0 Å². The molecule has 1 aliphatic carbocycles. The fourth-order valence-corrected chi connectivity index (χ4v) is 2.84. The largest absolute Gasteiger partial charge is 0.478 e. The smallest absolute Gasteiger partial charge is 0.407 e. The molecule has 2 N–H and O–H groups in total. The highest BCUT2D eigenvalue weighted by atomic mass is 16.6. The zero-order valence-electron chi connectivity index (χ0n) is 13.3. The van der Waals surface area contributed by atoms with Crippen molar-refractivity contribution >= 4 is 12.1 Å². The number of aromatic nitrogens is 1. The molecule has 0 spiro atoms. The fourth-order valence-electron chi connectivity index (χ4n) is 2.84. The number of alkyl carbamates (subject to hydrolysis) is 1. The van der Waals surface area contributed by atoms with Crippen LogP contribution in [0.2, 0.25) is 0 Å². The molecule has 6 nitrogen and oxygen atoms in total. The van der Waals surface area contributed by atoms with Gasteiger partial charge in [-0.25, -0.2) is 9.59 Å². The van der Waals surface area contributed by atoms with Crippen molar-refractivity contribution in [2.45, 2.75) is 64.1 Å². The highest BCUT2D eigenvalue weighted by Crippen LogP contribution is 2.29. The van der Waals surface area contributed by atoms with E-state index >= 15 is 0 Å². The summed E-state index contributed by atoms with van der Waals surface area (Å²) < 4.78 is 7.21. The third kappa shape index (κ3) is 4.26. The Bertz CT molecular complexity index is 545. The summed E-state index contributed by atoms with van der Waals surface area (Å²) in [6, 6.07) is 1.61. The van der Waals surface area contributed by atoms with Crippen LogP contribution in [0.1, 0.15) is 62.9 Å². The Morgan fingerprint density at radius 2 is 2.00 bits per heavy atom. The van der Waals surface area contributed by atoms with E-state index < -0.39 is 17.7 Å². The number of carboxylic acids is 1. The zero-order chi connectivity index (χ0) is 16.3. The fraction of sp³-hybridized carbons (Fsp3) is 0.625. The lowest BCUT2D eigenvalue weighted by Crippen LogP contribution is -2.44. The van der Waals surface area contributed by atoms with Gasteiger partial charge >= 0.3 is 12.1 Å². The van der Waals surface area contributed by atoms with Crippen LogP contribution in [0.4, 0.5) is 4.79 Å². The van der Waals surface area contributed by atoms with E-state index in [9.17, 15) is 9.59 Å². The van der Waals surface area contributed by atoms with Gasteiger partial charge in [-0.15, -0.1) is 0 Å². The summed E-state index contributed by atoms with van der Waals surface area (Å²) in [5.74, 6) is -0.939. The molecular formula is C16H24N2O4. The number of rotatable bonds is 3. The van der Waals surface area contributed by atoms with Crippen molar-refractivity contribution in [2.24, 2.45) is 0 Å². The van der Waals surface area contributed by atoms with Crippen LogP contribution in [0.25, 0.3) is 0 Å². The van der Waals surface area contributed by atoms with Crippen LogP contribution in [-0.4, -0.2) is 33.4 Å². The number of aromatic carboxylic acids is 1. The summed E-state index contributed by atoms with van der Waals surface area (Å²) in [4.78, 5) is 23.0. The Morgan fingerprint density at radius 1 is 1.32 bits per heavy atom. The van der Waals surface area contributed by atoms with Gasteiger partial charge in [0.1, 0.15) is 5.60 Å². The molecule has 1 aromatic rings. The topological polar surface area (TPSA) is 80.6 Å². The van der Waals surface area contributed by atoms with E-state index in [1.165, 1.54) is 0 Å². The number of hydrogen-bond donors (Lipinski definition) is 2. The number of hydrogen-bond acceptors (Lipinski definition) is 3. The normalized spacial score (nSPS) is 22.1. The third-order valence-corrected chi connectivity index (χ3v) is 3.78. The van der Waals surface area contributed by atoms with Gasteiger partial charge in [-0.05, 0) is 39.7 Å². The minimum atomic E-state index is -0.939. The van der Waals surface area contributed by atoms with Crippen molar-refractivity contribution in [1.82, 2.24) is 9.88 Å². The number of nitrogens with zero attached hydrogens (tertiary/aromatic N) is 1.